The molecule has 0 aliphatic carbocycles. The van der Waals surface area contributed by atoms with Crippen LogP contribution in [0.15, 0.2) is 30.5 Å². The highest BCUT2D eigenvalue weighted by Crippen LogP contribution is 2.24. The summed E-state index contributed by atoms with van der Waals surface area (Å²) < 4.78 is 13.2. The van der Waals surface area contributed by atoms with Crippen molar-refractivity contribution in [2.75, 3.05) is 23.7 Å². The molecular formula is C16H22FN5. The number of nitrogens with one attached hydrogen (secondary N) is 2. The third kappa shape index (κ3) is 4.39. The van der Waals surface area contributed by atoms with Gasteiger partial charge in [0.1, 0.15) is 11.6 Å². The lowest BCUT2D eigenvalue weighted by Crippen LogP contribution is -2.12. The molecule has 5 nitrogen and oxygen atoms in total. The van der Waals surface area contributed by atoms with Gasteiger partial charge in [-0.25, -0.2) is 9.37 Å². The van der Waals surface area contributed by atoms with E-state index in [9.17, 15) is 4.39 Å². The van der Waals surface area contributed by atoms with E-state index in [1.165, 1.54) is 12.1 Å². The van der Waals surface area contributed by atoms with E-state index in [0.29, 0.717) is 24.1 Å². The first-order chi connectivity index (χ1) is 10.6. The van der Waals surface area contributed by atoms with Crippen molar-refractivity contribution >= 4 is 17.5 Å². The summed E-state index contributed by atoms with van der Waals surface area (Å²) >= 11 is 0. The highest BCUT2D eigenvalue weighted by atomic mass is 19.1. The van der Waals surface area contributed by atoms with Crippen molar-refractivity contribution in [3.63, 3.8) is 0 Å². The Morgan fingerprint density at radius 2 is 2.14 bits per heavy atom. The van der Waals surface area contributed by atoms with Gasteiger partial charge in [-0.05, 0) is 37.1 Å². The first kappa shape index (κ1) is 16.2. The van der Waals surface area contributed by atoms with Crippen LogP contribution in [0.25, 0.3) is 0 Å². The van der Waals surface area contributed by atoms with Crippen LogP contribution in [0.4, 0.5) is 21.8 Å². The summed E-state index contributed by atoms with van der Waals surface area (Å²) in [6.45, 7) is 5.56. The zero-order valence-corrected chi connectivity index (χ0v) is 12.9. The Hall–Kier alpha value is -2.21. The molecule has 4 N–H and O–H groups in total. The quantitative estimate of drug-likeness (QED) is 0.685. The number of halogens is 1. The summed E-state index contributed by atoms with van der Waals surface area (Å²) in [6, 6.07) is 6.21. The van der Waals surface area contributed by atoms with Crippen LogP contribution in [0.2, 0.25) is 0 Å². The van der Waals surface area contributed by atoms with Gasteiger partial charge in [0, 0.05) is 24.0 Å². The molecule has 0 bridgehead atoms. The van der Waals surface area contributed by atoms with Gasteiger partial charge in [-0.1, -0.05) is 19.9 Å². The van der Waals surface area contributed by atoms with E-state index in [1.54, 1.807) is 18.3 Å². The van der Waals surface area contributed by atoms with Crippen molar-refractivity contribution in [2.24, 2.45) is 5.73 Å². The number of hydrogen-bond acceptors (Lipinski definition) is 5. The second-order valence-corrected chi connectivity index (χ2v) is 5.36. The van der Waals surface area contributed by atoms with Gasteiger partial charge < -0.3 is 16.4 Å². The monoisotopic (exact) mass is 303 g/mol. The Morgan fingerprint density at radius 3 is 2.82 bits per heavy atom. The third-order valence-electron chi connectivity index (χ3n) is 3.19. The Labute approximate surface area is 130 Å². The van der Waals surface area contributed by atoms with Crippen LogP contribution < -0.4 is 16.4 Å². The Bertz CT molecular complexity index is 615. The molecule has 6 heteroatoms. The minimum atomic E-state index is -0.301. The van der Waals surface area contributed by atoms with Gasteiger partial charge in [-0.15, -0.1) is 0 Å². The molecular weight excluding hydrogens is 281 g/mol. The lowest BCUT2D eigenvalue weighted by atomic mass is 10.1. The van der Waals surface area contributed by atoms with Crippen LogP contribution in [-0.4, -0.2) is 23.1 Å². The Balaban J connectivity index is 2.19. The average molecular weight is 303 g/mol. The number of rotatable bonds is 7. The topological polar surface area (TPSA) is 75.9 Å². The minimum Gasteiger partial charge on any atom is -0.370 e. The number of nitrogens with zero attached hydrogens (tertiary/aromatic N) is 2. The van der Waals surface area contributed by atoms with Gasteiger partial charge in [0.15, 0.2) is 0 Å². The van der Waals surface area contributed by atoms with E-state index in [0.717, 1.165) is 24.3 Å². The molecule has 0 spiro atoms. The molecule has 2 rings (SSSR count). The molecule has 0 amide bonds. The molecule has 0 aliphatic rings. The predicted molar refractivity (Wildman–Crippen MR) is 88.0 cm³/mol. The van der Waals surface area contributed by atoms with E-state index >= 15 is 0 Å². The van der Waals surface area contributed by atoms with Crippen LogP contribution in [0, 0.1) is 5.82 Å². The fraction of sp³-hybridized carbons (Fsp3) is 0.375. The van der Waals surface area contributed by atoms with Crippen LogP contribution in [0.1, 0.15) is 31.7 Å². The van der Waals surface area contributed by atoms with Crippen LogP contribution in [-0.2, 0) is 0 Å². The predicted octanol–water partition coefficient (Wildman–Crippen LogP) is 3.24. The maximum absolute atomic E-state index is 13.2. The molecule has 118 valence electrons. The Morgan fingerprint density at radius 1 is 1.32 bits per heavy atom. The summed E-state index contributed by atoms with van der Waals surface area (Å²) in [7, 11) is 0. The minimum absolute atomic E-state index is 0.301. The SMILES string of the molecule is CC(C)c1cnc(Nc2cccc(F)c2)nc1NCCCN. The summed E-state index contributed by atoms with van der Waals surface area (Å²) in [6.07, 6.45) is 2.66. The van der Waals surface area contributed by atoms with E-state index in [2.05, 4.69) is 34.4 Å². The summed E-state index contributed by atoms with van der Waals surface area (Å²) in [5.74, 6) is 1.23. The second-order valence-electron chi connectivity index (χ2n) is 5.36. The zero-order valence-electron chi connectivity index (χ0n) is 12.9. The standard InChI is InChI=1S/C16H22FN5/c1-11(2)14-10-20-16(22-15(14)19-8-4-7-18)21-13-6-3-5-12(17)9-13/h3,5-6,9-11H,4,7-8,18H2,1-2H3,(H2,19,20,21,22). The van der Waals surface area contributed by atoms with E-state index in [1.807, 2.05) is 0 Å². The molecule has 0 saturated carbocycles. The number of hydrogen-bond donors (Lipinski definition) is 3. The van der Waals surface area contributed by atoms with Crippen molar-refractivity contribution in [3.8, 4) is 0 Å². The zero-order chi connectivity index (χ0) is 15.9. The first-order valence-corrected chi connectivity index (χ1v) is 7.43. The fourth-order valence-corrected chi connectivity index (χ4v) is 2.02. The normalized spacial score (nSPS) is 10.8. The molecule has 0 atom stereocenters. The van der Waals surface area contributed by atoms with Crippen molar-refractivity contribution in [1.82, 2.24) is 9.97 Å². The summed E-state index contributed by atoms with van der Waals surface area (Å²) in [5.41, 5.74) is 7.18. The van der Waals surface area contributed by atoms with E-state index in [4.69, 9.17) is 5.73 Å². The number of anilines is 3. The lowest BCUT2D eigenvalue weighted by Gasteiger charge is -2.15. The maximum atomic E-state index is 13.2. The van der Waals surface area contributed by atoms with Crippen LogP contribution in [0.5, 0.6) is 0 Å². The Kier molecular flexibility index (Phi) is 5.66. The molecule has 0 saturated heterocycles. The van der Waals surface area contributed by atoms with E-state index < -0.39 is 0 Å². The largest absolute Gasteiger partial charge is 0.370 e. The lowest BCUT2D eigenvalue weighted by molar-refractivity contribution is 0.628. The molecule has 1 aromatic heterocycles. The highest BCUT2D eigenvalue weighted by Gasteiger charge is 2.10. The fourth-order valence-electron chi connectivity index (χ4n) is 2.02. The number of aromatic nitrogens is 2. The van der Waals surface area contributed by atoms with Gasteiger partial charge in [-0.2, -0.15) is 4.98 Å². The van der Waals surface area contributed by atoms with Gasteiger partial charge in [0.25, 0.3) is 0 Å². The molecule has 0 radical (unpaired) electrons. The number of benzene rings is 1. The van der Waals surface area contributed by atoms with E-state index in [-0.39, 0.29) is 5.82 Å². The molecule has 0 fully saturated rings. The molecule has 22 heavy (non-hydrogen) atoms. The average Bonchev–Trinajstić information content (AvgIpc) is 2.47. The summed E-state index contributed by atoms with van der Waals surface area (Å²) in [5, 5.41) is 6.30. The smallest absolute Gasteiger partial charge is 0.229 e. The van der Waals surface area contributed by atoms with Gasteiger partial charge in [0.2, 0.25) is 5.95 Å². The van der Waals surface area contributed by atoms with Gasteiger partial charge in [0.05, 0.1) is 0 Å². The van der Waals surface area contributed by atoms with Gasteiger partial charge >= 0.3 is 0 Å². The molecule has 0 aliphatic heterocycles. The summed E-state index contributed by atoms with van der Waals surface area (Å²) in [4.78, 5) is 8.80. The molecule has 2 aromatic rings. The molecule has 1 aromatic carbocycles. The molecule has 0 unspecified atom stereocenters. The molecule has 1 heterocycles. The third-order valence-corrected chi connectivity index (χ3v) is 3.19. The van der Waals surface area contributed by atoms with Crippen molar-refractivity contribution in [3.05, 3.63) is 41.8 Å². The second kappa shape index (κ2) is 7.70. The van der Waals surface area contributed by atoms with Crippen molar-refractivity contribution < 1.29 is 4.39 Å². The van der Waals surface area contributed by atoms with Crippen molar-refractivity contribution in [1.29, 1.82) is 0 Å². The van der Waals surface area contributed by atoms with Crippen molar-refractivity contribution in [2.45, 2.75) is 26.2 Å². The van der Waals surface area contributed by atoms with Crippen LogP contribution >= 0.6 is 0 Å². The number of nitrogens with two attached hydrogens (primary N) is 1. The first-order valence-electron chi connectivity index (χ1n) is 7.43. The van der Waals surface area contributed by atoms with Crippen LogP contribution in [0.3, 0.4) is 0 Å². The van der Waals surface area contributed by atoms with Gasteiger partial charge in [-0.3, -0.25) is 0 Å². The maximum Gasteiger partial charge on any atom is 0.229 e. The highest BCUT2D eigenvalue weighted by molar-refractivity contribution is 5.56.